The van der Waals surface area contributed by atoms with Gasteiger partial charge in [-0.25, -0.2) is 0 Å². The Balaban J connectivity index is 2.64. The number of nitrogens with two attached hydrogens (primary N) is 1. The van der Waals surface area contributed by atoms with Gasteiger partial charge < -0.3 is 15.9 Å². The molecule has 1 rings (SSSR count). The molecule has 1 atom stereocenters. The minimum absolute atomic E-state index is 0.114. The van der Waals surface area contributed by atoms with Gasteiger partial charge in [0.05, 0.1) is 0 Å². The van der Waals surface area contributed by atoms with Gasteiger partial charge >= 0.3 is 0 Å². The highest BCUT2D eigenvalue weighted by Gasteiger charge is 2.09. The first-order valence-electron chi connectivity index (χ1n) is 5.27. The van der Waals surface area contributed by atoms with Gasteiger partial charge in [-0.2, -0.15) is 0 Å². The molecule has 0 amide bonds. The first kappa shape index (κ1) is 12.0. The Hall–Kier alpha value is -1.06. The van der Waals surface area contributed by atoms with Crippen LogP contribution in [0.5, 0.6) is 5.75 Å². The predicted octanol–water partition coefficient (Wildman–Crippen LogP) is 1.20. The molecule has 0 fully saturated rings. The number of benzene rings is 1. The van der Waals surface area contributed by atoms with Crippen molar-refractivity contribution in [2.45, 2.75) is 19.8 Å². The summed E-state index contributed by atoms with van der Waals surface area (Å²) in [6, 6.07) is 5.50. The molecule has 0 heterocycles. The second kappa shape index (κ2) is 5.73. The summed E-state index contributed by atoms with van der Waals surface area (Å²) in [5, 5.41) is 18.7. The summed E-state index contributed by atoms with van der Waals surface area (Å²) >= 11 is 0. The van der Waals surface area contributed by atoms with Gasteiger partial charge in [0.15, 0.2) is 0 Å². The zero-order chi connectivity index (χ0) is 11.3. The van der Waals surface area contributed by atoms with E-state index in [0.717, 1.165) is 24.0 Å². The maximum absolute atomic E-state index is 9.66. The van der Waals surface area contributed by atoms with Crippen LogP contribution in [-0.4, -0.2) is 23.4 Å². The lowest BCUT2D eigenvalue weighted by molar-refractivity contribution is 0.223. The molecule has 3 heteroatoms. The molecule has 0 saturated carbocycles. The number of rotatable bonds is 5. The van der Waals surface area contributed by atoms with Crippen molar-refractivity contribution in [3.05, 3.63) is 29.3 Å². The van der Waals surface area contributed by atoms with Crippen LogP contribution < -0.4 is 5.73 Å². The Morgan fingerprint density at radius 3 is 2.67 bits per heavy atom. The second-order valence-electron chi connectivity index (χ2n) is 3.90. The molecule has 0 radical (unpaired) electrons. The third kappa shape index (κ3) is 3.22. The quantitative estimate of drug-likeness (QED) is 0.682. The Kier molecular flexibility index (Phi) is 4.59. The highest BCUT2D eigenvalue weighted by atomic mass is 16.3. The van der Waals surface area contributed by atoms with Crippen molar-refractivity contribution in [2.75, 3.05) is 13.2 Å². The fourth-order valence-corrected chi connectivity index (χ4v) is 1.64. The first-order valence-corrected chi connectivity index (χ1v) is 5.27. The number of aliphatic hydroxyl groups excluding tert-OH is 1. The summed E-state index contributed by atoms with van der Waals surface area (Å²) in [7, 11) is 0. The van der Waals surface area contributed by atoms with Gasteiger partial charge in [-0.1, -0.05) is 12.1 Å². The zero-order valence-corrected chi connectivity index (χ0v) is 9.11. The normalized spacial score (nSPS) is 12.7. The predicted molar refractivity (Wildman–Crippen MR) is 60.8 cm³/mol. The van der Waals surface area contributed by atoms with E-state index >= 15 is 0 Å². The monoisotopic (exact) mass is 209 g/mol. The molecular formula is C12H19NO2. The Bertz CT molecular complexity index is 288. The van der Waals surface area contributed by atoms with Gasteiger partial charge in [-0.05, 0) is 49.4 Å². The number of phenolic OH excluding ortho intramolecular Hbond substituents is 1. The maximum atomic E-state index is 9.66. The topological polar surface area (TPSA) is 66.5 Å². The third-order valence-corrected chi connectivity index (χ3v) is 2.78. The van der Waals surface area contributed by atoms with Crippen LogP contribution in [0.15, 0.2) is 18.2 Å². The van der Waals surface area contributed by atoms with Gasteiger partial charge in [0.2, 0.25) is 0 Å². The van der Waals surface area contributed by atoms with Gasteiger partial charge in [-0.15, -0.1) is 0 Å². The molecule has 3 nitrogen and oxygen atoms in total. The minimum Gasteiger partial charge on any atom is -0.508 e. The van der Waals surface area contributed by atoms with E-state index in [1.807, 2.05) is 19.1 Å². The number of phenols is 1. The number of hydrogen-bond acceptors (Lipinski definition) is 3. The summed E-state index contributed by atoms with van der Waals surface area (Å²) in [4.78, 5) is 0. The lowest BCUT2D eigenvalue weighted by atomic mass is 9.97. The summed E-state index contributed by atoms with van der Waals surface area (Å²) < 4.78 is 0. The van der Waals surface area contributed by atoms with Gasteiger partial charge in [0.1, 0.15) is 5.75 Å². The maximum Gasteiger partial charge on any atom is 0.119 e. The van der Waals surface area contributed by atoms with Crippen molar-refractivity contribution >= 4 is 0 Å². The summed E-state index contributed by atoms with van der Waals surface area (Å²) in [6.07, 6.45) is 1.58. The van der Waals surface area contributed by atoms with E-state index in [0.29, 0.717) is 12.3 Å². The zero-order valence-electron chi connectivity index (χ0n) is 9.11. The summed E-state index contributed by atoms with van der Waals surface area (Å²) in [6.45, 7) is 2.58. The molecule has 0 aromatic heterocycles. The lowest BCUT2D eigenvalue weighted by Crippen LogP contribution is -2.18. The molecule has 4 N–H and O–H groups in total. The molecule has 0 aliphatic heterocycles. The molecule has 0 aliphatic rings. The lowest BCUT2D eigenvalue weighted by Gasteiger charge is -2.13. The van der Waals surface area contributed by atoms with Crippen LogP contribution in [0, 0.1) is 12.8 Å². The van der Waals surface area contributed by atoms with Gasteiger partial charge in [0.25, 0.3) is 0 Å². The average Bonchev–Trinajstić information content (AvgIpc) is 2.23. The van der Waals surface area contributed by atoms with Crippen molar-refractivity contribution in [3.8, 4) is 5.75 Å². The van der Waals surface area contributed by atoms with E-state index in [1.54, 1.807) is 6.07 Å². The van der Waals surface area contributed by atoms with E-state index < -0.39 is 0 Å². The number of aromatic hydroxyl groups is 1. The van der Waals surface area contributed by atoms with E-state index in [2.05, 4.69) is 0 Å². The minimum atomic E-state index is 0.114. The Labute approximate surface area is 90.5 Å². The SMILES string of the molecule is Cc1cccc(O)c1CCC(CN)CO. The van der Waals surface area contributed by atoms with Crippen LogP contribution in [0.1, 0.15) is 17.5 Å². The molecule has 84 valence electrons. The first-order chi connectivity index (χ1) is 7.19. The fraction of sp³-hybridized carbons (Fsp3) is 0.500. The Morgan fingerprint density at radius 2 is 2.13 bits per heavy atom. The molecular weight excluding hydrogens is 190 g/mol. The number of aryl methyl sites for hydroxylation is 1. The molecule has 1 unspecified atom stereocenters. The van der Waals surface area contributed by atoms with E-state index in [4.69, 9.17) is 10.8 Å². The largest absolute Gasteiger partial charge is 0.508 e. The third-order valence-electron chi connectivity index (χ3n) is 2.78. The van der Waals surface area contributed by atoms with Crippen molar-refractivity contribution in [1.29, 1.82) is 0 Å². The van der Waals surface area contributed by atoms with Crippen LogP contribution in [0.2, 0.25) is 0 Å². The van der Waals surface area contributed by atoms with Crippen molar-refractivity contribution < 1.29 is 10.2 Å². The molecule has 1 aromatic rings. The van der Waals surface area contributed by atoms with Gasteiger partial charge in [-0.3, -0.25) is 0 Å². The summed E-state index contributed by atoms with van der Waals surface area (Å²) in [5.41, 5.74) is 7.55. The van der Waals surface area contributed by atoms with Crippen LogP contribution >= 0.6 is 0 Å². The van der Waals surface area contributed by atoms with Crippen molar-refractivity contribution in [3.63, 3.8) is 0 Å². The molecule has 0 bridgehead atoms. The number of aliphatic hydroxyl groups is 1. The smallest absolute Gasteiger partial charge is 0.119 e. The van der Waals surface area contributed by atoms with Crippen LogP contribution in [0.3, 0.4) is 0 Å². The summed E-state index contributed by atoms with van der Waals surface area (Å²) in [5.74, 6) is 0.465. The van der Waals surface area contributed by atoms with Crippen molar-refractivity contribution in [2.24, 2.45) is 11.7 Å². The van der Waals surface area contributed by atoms with E-state index in [-0.39, 0.29) is 12.5 Å². The highest BCUT2D eigenvalue weighted by molar-refractivity contribution is 5.38. The average molecular weight is 209 g/mol. The Morgan fingerprint density at radius 1 is 1.40 bits per heavy atom. The standard InChI is InChI=1S/C12H19NO2/c1-9-3-2-4-12(15)11(9)6-5-10(7-13)8-14/h2-4,10,14-15H,5-8,13H2,1H3. The van der Waals surface area contributed by atoms with Crippen molar-refractivity contribution in [1.82, 2.24) is 0 Å². The van der Waals surface area contributed by atoms with E-state index in [1.165, 1.54) is 0 Å². The van der Waals surface area contributed by atoms with Crippen LogP contribution in [0.25, 0.3) is 0 Å². The molecule has 0 spiro atoms. The highest BCUT2D eigenvalue weighted by Crippen LogP contribution is 2.23. The second-order valence-corrected chi connectivity index (χ2v) is 3.90. The van der Waals surface area contributed by atoms with E-state index in [9.17, 15) is 5.11 Å². The fourth-order valence-electron chi connectivity index (χ4n) is 1.64. The molecule has 15 heavy (non-hydrogen) atoms. The molecule has 0 saturated heterocycles. The van der Waals surface area contributed by atoms with Crippen LogP contribution in [-0.2, 0) is 6.42 Å². The van der Waals surface area contributed by atoms with Crippen LogP contribution in [0.4, 0.5) is 0 Å². The molecule has 1 aromatic carbocycles. The number of hydrogen-bond donors (Lipinski definition) is 3. The molecule has 0 aliphatic carbocycles. The van der Waals surface area contributed by atoms with Gasteiger partial charge in [0, 0.05) is 6.61 Å².